The Bertz CT molecular complexity index is 740. The summed E-state index contributed by atoms with van der Waals surface area (Å²) >= 11 is 0. The molecule has 0 fully saturated rings. The van der Waals surface area contributed by atoms with Crippen LogP contribution in [0.25, 0.3) is 0 Å². The molecule has 0 aromatic carbocycles. The second-order valence-corrected chi connectivity index (χ2v) is 8.66. The molecule has 0 spiro atoms. The van der Waals surface area contributed by atoms with Crippen molar-refractivity contribution in [2.45, 2.75) is 77.5 Å². The van der Waals surface area contributed by atoms with Crippen molar-refractivity contribution < 1.29 is 39.0 Å². The number of nitrogens with two attached hydrogens (primary N) is 2. The number of hydrogen-bond acceptors (Lipinski definition) is 7. The molecule has 0 aromatic rings. The van der Waals surface area contributed by atoms with Crippen molar-refractivity contribution in [1.29, 1.82) is 0 Å². The molecule has 33 heavy (non-hydrogen) atoms. The summed E-state index contributed by atoms with van der Waals surface area (Å²) in [7, 11) is 0. The molecule has 0 aromatic heterocycles. The minimum Gasteiger partial charge on any atom is -0.481 e. The van der Waals surface area contributed by atoms with Gasteiger partial charge in [0.25, 0.3) is 0 Å². The highest BCUT2D eigenvalue weighted by Crippen LogP contribution is 2.09. The summed E-state index contributed by atoms with van der Waals surface area (Å²) in [5, 5.41) is 25.4. The van der Waals surface area contributed by atoms with Crippen molar-refractivity contribution in [2.75, 3.05) is 0 Å². The van der Waals surface area contributed by atoms with Gasteiger partial charge in [-0.3, -0.25) is 24.0 Å². The molecule has 0 rings (SSSR count). The Morgan fingerprint density at radius 1 is 0.697 bits per heavy atom. The van der Waals surface area contributed by atoms with Gasteiger partial charge in [-0.2, -0.15) is 0 Å². The van der Waals surface area contributed by atoms with Gasteiger partial charge < -0.3 is 37.6 Å². The first-order valence-electron chi connectivity index (χ1n) is 10.5. The molecule has 0 heterocycles. The van der Waals surface area contributed by atoms with E-state index in [1.165, 1.54) is 0 Å². The molecule has 0 bridgehead atoms. The van der Waals surface area contributed by atoms with Crippen LogP contribution in [0.4, 0.5) is 0 Å². The van der Waals surface area contributed by atoms with Crippen LogP contribution in [0.2, 0.25) is 0 Å². The van der Waals surface area contributed by atoms with E-state index in [0.717, 1.165) is 0 Å². The molecule has 13 heteroatoms. The van der Waals surface area contributed by atoms with Gasteiger partial charge >= 0.3 is 11.9 Å². The quantitative estimate of drug-likeness (QED) is 0.143. The van der Waals surface area contributed by atoms with Crippen LogP contribution in [-0.4, -0.2) is 69.9 Å². The normalized spacial score (nSPS) is 14.6. The minimum atomic E-state index is -1.60. The topological polar surface area (TPSA) is 231 Å². The Balaban J connectivity index is 5.54. The molecule has 188 valence electrons. The zero-order chi connectivity index (χ0) is 25.9. The van der Waals surface area contributed by atoms with Crippen LogP contribution in [0, 0.1) is 11.8 Å². The van der Waals surface area contributed by atoms with Crippen LogP contribution in [0.5, 0.6) is 0 Å². The van der Waals surface area contributed by atoms with Crippen LogP contribution in [-0.2, 0) is 28.8 Å². The fraction of sp³-hybridized carbons (Fsp3) is 0.700. The Hall–Kier alpha value is -3.22. The molecule has 4 unspecified atom stereocenters. The molecular weight excluding hydrogens is 438 g/mol. The predicted octanol–water partition coefficient (Wildman–Crippen LogP) is -1.70. The lowest BCUT2D eigenvalue weighted by Crippen LogP contribution is -2.58. The smallest absolute Gasteiger partial charge is 0.326 e. The third-order valence-electron chi connectivity index (χ3n) is 4.43. The fourth-order valence-corrected chi connectivity index (χ4v) is 2.91. The van der Waals surface area contributed by atoms with Gasteiger partial charge in [0, 0.05) is 0 Å². The number of nitrogens with one attached hydrogen (secondary N) is 3. The number of carbonyl (C=O) groups excluding carboxylic acids is 4. The molecule has 0 saturated carbocycles. The number of rotatable bonds is 15. The van der Waals surface area contributed by atoms with Crippen molar-refractivity contribution >= 4 is 35.6 Å². The SMILES string of the molecule is CC(C)CC(NC(=O)C(CC(C)C)NC(=O)C(CC(=O)O)NC(=O)C(N)CC(N)=O)C(=O)O. The van der Waals surface area contributed by atoms with E-state index in [9.17, 15) is 33.9 Å². The summed E-state index contributed by atoms with van der Waals surface area (Å²) in [5.74, 6) is -6.32. The number of amides is 4. The Kier molecular flexibility index (Phi) is 12.7. The van der Waals surface area contributed by atoms with Gasteiger partial charge in [0.2, 0.25) is 23.6 Å². The molecule has 0 aliphatic rings. The highest BCUT2D eigenvalue weighted by molar-refractivity contribution is 5.96. The number of aliphatic carboxylic acids is 2. The predicted molar refractivity (Wildman–Crippen MR) is 116 cm³/mol. The first-order valence-corrected chi connectivity index (χ1v) is 10.5. The third-order valence-corrected chi connectivity index (χ3v) is 4.43. The molecule has 0 aliphatic heterocycles. The summed E-state index contributed by atoms with van der Waals surface area (Å²) < 4.78 is 0. The third kappa shape index (κ3) is 12.4. The largest absolute Gasteiger partial charge is 0.481 e. The lowest BCUT2D eigenvalue weighted by molar-refractivity contribution is -0.143. The average Bonchev–Trinajstić information content (AvgIpc) is 2.64. The van der Waals surface area contributed by atoms with Gasteiger partial charge in [0.15, 0.2) is 0 Å². The molecule has 0 radical (unpaired) electrons. The molecule has 4 atom stereocenters. The molecule has 9 N–H and O–H groups in total. The summed E-state index contributed by atoms with van der Waals surface area (Å²) in [6, 6.07) is -5.35. The van der Waals surface area contributed by atoms with Gasteiger partial charge in [-0.15, -0.1) is 0 Å². The summed E-state index contributed by atoms with van der Waals surface area (Å²) in [6.45, 7) is 7.12. The second kappa shape index (κ2) is 14.0. The lowest BCUT2D eigenvalue weighted by Gasteiger charge is -2.26. The van der Waals surface area contributed by atoms with E-state index in [2.05, 4.69) is 16.0 Å². The van der Waals surface area contributed by atoms with Gasteiger partial charge in [-0.25, -0.2) is 4.79 Å². The van der Waals surface area contributed by atoms with E-state index in [4.69, 9.17) is 16.6 Å². The van der Waals surface area contributed by atoms with E-state index in [1.807, 2.05) is 0 Å². The maximum atomic E-state index is 12.7. The van der Waals surface area contributed by atoms with Crippen LogP contribution in [0.15, 0.2) is 0 Å². The molecule has 4 amide bonds. The van der Waals surface area contributed by atoms with Crippen LogP contribution < -0.4 is 27.4 Å². The van der Waals surface area contributed by atoms with Gasteiger partial charge in [0.1, 0.15) is 18.1 Å². The number of carbonyl (C=O) groups is 6. The second-order valence-electron chi connectivity index (χ2n) is 8.66. The number of carboxylic acids is 2. The van der Waals surface area contributed by atoms with Crippen LogP contribution >= 0.6 is 0 Å². The van der Waals surface area contributed by atoms with Crippen molar-refractivity contribution in [1.82, 2.24) is 16.0 Å². The number of primary amides is 1. The van der Waals surface area contributed by atoms with Crippen molar-refractivity contribution in [3.63, 3.8) is 0 Å². The van der Waals surface area contributed by atoms with E-state index in [1.54, 1.807) is 27.7 Å². The molecule has 13 nitrogen and oxygen atoms in total. The van der Waals surface area contributed by atoms with E-state index >= 15 is 0 Å². The highest BCUT2D eigenvalue weighted by Gasteiger charge is 2.32. The molecule has 0 aliphatic carbocycles. The average molecular weight is 474 g/mol. The summed E-state index contributed by atoms with van der Waals surface area (Å²) in [5.41, 5.74) is 10.5. The first-order chi connectivity index (χ1) is 15.1. The van der Waals surface area contributed by atoms with E-state index in [0.29, 0.717) is 0 Å². The zero-order valence-electron chi connectivity index (χ0n) is 19.3. The standard InChI is InChI=1S/C20H35N5O8/c1-9(2)5-12(18(30)25-14(20(32)33)6-10(3)4)24-19(31)13(8-16(27)28)23-17(29)11(21)7-15(22)26/h9-14H,5-8,21H2,1-4H3,(H2,22,26)(H,23,29)(H,24,31)(H,25,30)(H,27,28)(H,32,33). The highest BCUT2D eigenvalue weighted by atomic mass is 16.4. The Labute approximate surface area is 192 Å². The Morgan fingerprint density at radius 3 is 1.55 bits per heavy atom. The first kappa shape index (κ1) is 29.8. The van der Waals surface area contributed by atoms with Gasteiger partial charge in [-0.05, 0) is 24.7 Å². The summed E-state index contributed by atoms with van der Waals surface area (Å²) in [6.07, 6.45) is -1.04. The van der Waals surface area contributed by atoms with Crippen molar-refractivity contribution in [3.05, 3.63) is 0 Å². The maximum Gasteiger partial charge on any atom is 0.326 e. The zero-order valence-corrected chi connectivity index (χ0v) is 19.3. The van der Waals surface area contributed by atoms with Gasteiger partial charge in [0.05, 0.1) is 18.9 Å². The summed E-state index contributed by atoms with van der Waals surface area (Å²) in [4.78, 5) is 71.2. The van der Waals surface area contributed by atoms with Crippen LogP contribution in [0.1, 0.15) is 53.4 Å². The fourth-order valence-electron chi connectivity index (χ4n) is 2.91. The van der Waals surface area contributed by atoms with Crippen molar-refractivity contribution in [3.8, 4) is 0 Å². The molecular formula is C20H35N5O8. The number of carboxylic acid groups (broad SMARTS) is 2. The minimum absolute atomic E-state index is 0.0238. The molecule has 0 saturated heterocycles. The lowest BCUT2D eigenvalue weighted by atomic mass is 10.00. The van der Waals surface area contributed by atoms with Gasteiger partial charge in [-0.1, -0.05) is 27.7 Å². The van der Waals surface area contributed by atoms with Crippen LogP contribution in [0.3, 0.4) is 0 Å². The van der Waals surface area contributed by atoms with Crippen molar-refractivity contribution in [2.24, 2.45) is 23.3 Å². The van der Waals surface area contributed by atoms with E-state index < -0.39 is 72.6 Å². The monoisotopic (exact) mass is 473 g/mol. The maximum absolute atomic E-state index is 12.7. The van der Waals surface area contributed by atoms with E-state index in [-0.39, 0.29) is 24.7 Å². The number of hydrogen-bond donors (Lipinski definition) is 7. The Morgan fingerprint density at radius 2 is 1.12 bits per heavy atom.